The lowest BCUT2D eigenvalue weighted by Gasteiger charge is -2.22. The predicted octanol–water partition coefficient (Wildman–Crippen LogP) is 8.97. The quantitative estimate of drug-likeness (QED) is 0.324. The van der Waals surface area contributed by atoms with Crippen LogP contribution in [0.1, 0.15) is 104 Å². The van der Waals surface area contributed by atoms with Crippen LogP contribution >= 0.6 is 0 Å². The average Bonchev–Trinajstić information content (AvgIpc) is 2.90. The highest BCUT2D eigenvalue weighted by Crippen LogP contribution is 2.24. The molecule has 2 aliphatic heterocycles. The van der Waals surface area contributed by atoms with Crippen LogP contribution in [0, 0.1) is 0 Å². The number of carbonyl (C=O) groups is 2. The van der Waals surface area contributed by atoms with Crippen molar-refractivity contribution >= 4 is 11.9 Å². The van der Waals surface area contributed by atoms with Gasteiger partial charge in [-0.05, 0) is 63.9 Å². The molecule has 4 nitrogen and oxygen atoms in total. The van der Waals surface area contributed by atoms with Gasteiger partial charge < -0.3 is 9.47 Å². The molecule has 208 valence electrons. The Balaban J connectivity index is 2.39. The summed E-state index contributed by atoms with van der Waals surface area (Å²) in [5.74, 6) is -0.632. The van der Waals surface area contributed by atoms with Crippen LogP contribution in [0.2, 0.25) is 0 Å². The molecule has 2 heterocycles. The molecule has 2 rings (SSSR count). The zero-order valence-electron chi connectivity index (χ0n) is 23.6. The van der Waals surface area contributed by atoms with Gasteiger partial charge in [-0.25, -0.2) is 4.79 Å². The highest BCUT2D eigenvalue weighted by molar-refractivity contribution is 5.91. The van der Waals surface area contributed by atoms with Crippen LogP contribution in [-0.2, 0) is 19.1 Å². The van der Waals surface area contributed by atoms with Crippen molar-refractivity contribution in [1.82, 2.24) is 0 Å². The molecule has 4 heteroatoms. The Kier molecular flexibility index (Phi) is 16.6. The van der Waals surface area contributed by atoms with Gasteiger partial charge >= 0.3 is 11.9 Å². The topological polar surface area (TPSA) is 52.6 Å². The summed E-state index contributed by atoms with van der Waals surface area (Å²) in [5, 5.41) is 0. The van der Waals surface area contributed by atoms with Gasteiger partial charge in [-0.15, -0.1) is 0 Å². The van der Waals surface area contributed by atoms with Gasteiger partial charge in [0.1, 0.15) is 12.2 Å². The summed E-state index contributed by atoms with van der Waals surface area (Å²) in [6.45, 7) is 3.83. The lowest BCUT2D eigenvalue weighted by atomic mass is 9.97. The van der Waals surface area contributed by atoms with Gasteiger partial charge in [-0.2, -0.15) is 0 Å². The molecular formula is C34H48O4. The van der Waals surface area contributed by atoms with Gasteiger partial charge in [-0.3, -0.25) is 4.79 Å². The number of hydrogen-bond donors (Lipinski definition) is 0. The number of cyclic esters (lactones) is 2. The molecule has 2 aliphatic rings. The maximum atomic E-state index is 13.6. The SMILES string of the molecule is CCC1C/C=C/C=C/C=C/CCCCCC2=C(\C(=O)O1)C(C)OC(=O)CCCCCCC/C=C/C=C\C=C\2. The fraction of sp³-hybridized carbons (Fsp3) is 0.529. The zero-order chi connectivity index (χ0) is 27.3. The second-order valence-corrected chi connectivity index (χ2v) is 10.1. The maximum absolute atomic E-state index is 13.6. The Morgan fingerprint density at radius 3 is 1.97 bits per heavy atom. The van der Waals surface area contributed by atoms with Gasteiger partial charge in [-0.1, -0.05) is 106 Å². The molecule has 0 bridgehead atoms. The molecule has 0 saturated heterocycles. The number of rotatable bonds is 1. The second-order valence-electron chi connectivity index (χ2n) is 10.1. The van der Waals surface area contributed by atoms with Gasteiger partial charge in [0.25, 0.3) is 0 Å². The molecule has 0 radical (unpaired) electrons. The standard InChI is InChI=1S/C34H48O4/c1-3-31-27-23-19-15-11-8-7-10-14-18-22-26-30-25-21-17-13-9-5-4-6-12-16-20-24-28-32(35)37-29(2)33(30)34(36)38-31/h5,7-9,11,13,15,17,19,21,23,25,29,31H,3-4,6,10,12,14,16,18,20,22,24,26-28H2,1-2H3/b8-7+,9-5+,15-11+,17-13-,23-19+,25-21+,33-30-. The van der Waals surface area contributed by atoms with E-state index >= 15 is 0 Å². The summed E-state index contributed by atoms with van der Waals surface area (Å²) in [6, 6.07) is 0. The molecular weight excluding hydrogens is 472 g/mol. The summed E-state index contributed by atoms with van der Waals surface area (Å²) < 4.78 is 11.8. The largest absolute Gasteiger partial charge is 0.459 e. The van der Waals surface area contributed by atoms with Crippen molar-refractivity contribution in [3.8, 4) is 0 Å². The maximum Gasteiger partial charge on any atom is 0.338 e. The van der Waals surface area contributed by atoms with Crippen LogP contribution in [0.4, 0.5) is 0 Å². The van der Waals surface area contributed by atoms with Crippen molar-refractivity contribution in [1.29, 1.82) is 0 Å². The Morgan fingerprint density at radius 1 is 0.684 bits per heavy atom. The number of allylic oxidation sites excluding steroid dienone is 12. The Labute approximate surface area is 230 Å². The summed E-state index contributed by atoms with van der Waals surface area (Å²) in [7, 11) is 0. The Morgan fingerprint density at radius 2 is 1.26 bits per heavy atom. The third kappa shape index (κ3) is 13.6. The molecule has 0 aromatic rings. The highest BCUT2D eigenvalue weighted by atomic mass is 16.6. The molecule has 0 N–H and O–H groups in total. The summed E-state index contributed by atoms with van der Waals surface area (Å²) in [6.07, 6.45) is 36.6. The van der Waals surface area contributed by atoms with E-state index in [2.05, 4.69) is 24.3 Å². The Bertz CT molecular complexity index is 913. The number of carbonyl (C=O) groups excluding carboxylic acids is 2. The van der Waals surface area contributed by atoms with Crippen molar-refractivity contribution < 1.29 is 19.1 Å². The van der Waals surface area contributed by atoms with Gasteiger partial charge in [0.2, 0.25) is 0 Å². The molecule has 0 aliphatic carbocycles. The van der Waals surface area contributed by atoms with E-state index in [1.807, 2.05) is 55.5 Å². The molecule has 0 fully saturated rings. The fourth-order valence-electron chi connectivity index (χ4n) is 4.60. The first-order valence-corrected chi connectivity index (χ1v) is 14.7. The minimum absolute atomic E-state index is 0.239. The van der Waals surface area contributed by atoms with E-state index in [0.717, 1.165) is 63.4 Å². The smallest absolute Gasteiger partial charge is 0.338 e. The van der Waals surface area contributed by atoms with E-state index in [1.54, 1.807) is 6.92 Å². The third-order valence-electron chi connectivity index (χ3n) is 6.85. The van der Waals surface area contributed by atoms with Crippen LogP contribution in [0.25, 0.3) is 0 Å². The van der Waals surface area contributed by atoms with Crippen LogP contribution in [-0.4, -0.2) is 24.1 Å². The fourth-order valence-corrected chi connectivity index (χ4v) is 4.60. The number of esters is 2. The highest BCUT2D eigenvalue weighted by Gasteiger charge is 2.27. The molecule has 2 unspecified atom stereocenters. The monoisotopic (exact) mass is 520 g/mol. The molecule has 0 aromatic carbocycles. The first-order chi connectivity index (χ1) is 18.6. The minimum Gasteiger partial charge on any atom is -0.459 e. The molecule has 38 heavy (non-hydrogen) atoms. The van der Waals surface area contributed by atoms with Crippen molar-refractivity contribution in [3.05, 3.63) is 84.1 Å². The normalized spacial score (nSPS) is 31.1. The van der Waals surface area contributed by atoms with Crippen molar-refractivity contribution in [2.45, 2.75) is 116 Å². The summed E-state index contributed by atoms with van der Waals surface area (Å²) in [5.41, 5.74) is 1.35. The van der Waals surface area contributed by atoms with E-state index in [0.29, 0.717) is 24.8 Å². The molecule has 0 saturated carbocycles. The number of hydrogen-bond acceptors (Lipinski definition) is 4. The van der Waals surface area contributed by atoms with Crippen molar-refractivity contribution in [2.75, 3.05) is 0 Å². The van der Waals surface area contributed by atoms with E-state index in [1.165, 1.54) is 12.8 Å². The van der Waals surface area contributed by atoms with Gasteiger partial charge in [0, 0.05) is 12.8 Å². The van der Waals surface area contributed by atoms with E-state index in [9.17, 15) is 9.59 Å². The molecule has 0 amide bonds. The lowest BCUT2D eigenvalue weighted by Crippen LogP contribution is -2.28. The third-order valence-corrected chi connectivity index (χ3v) is 6.85. The average molecular weight is 521 g/mol. The minimum atomic E-state index is -0.668. The molecule has 0 aromatic heterocycles. The van der Waals surface area contributed by atoms with Crippen LogP contribution in [0.15, 0.2) is 84.1 Å². The summed E-state index contributed by atoms with van der Waals surface area (Å²) >= 11 is 0. The van der Waals surface area contributed by atoms with Crippen LogP contribution in [0.3, 0.4) is 0 Å². The first kappa shape index (κ1) is 31.3. The van der Waals surface area contributed by atoms with Gasteiger partial charge in [0.05, 0.1) is 5.57 Å². The van der Waals surface area contributed by atoms with E-state index in [4.69, 9.17) is 9.47 Å². The van der Waals surface area contributed by atoms with Crippen molar-refractivity contribution in [3.63, 3.8) is 0 Å². The molecule has 2 atom stereocenters. The van der Waals surface area contributed by atoms with Gasteiger partial charge in [0.15, 0.2) is 0 Å². The van der Waals surface area contributed by atoms with Crippen LogP contribution < -0.4 is 0 Å². The predicted molar refractivity (Wildman–Crippen MR) is 158 cm³/mol. The van der Waals surface area contributed by atoms with E-state index in [-0.39, 0.29) is 18.0 Å². The zero-order valence-corrected chi connectivity index (χ0v) is 23.6. The molecule has 0 spiro atoms. The second kappa shape index (κ2) is 20.1. The van der Waals surface area contributed by atoms with E-state index < -0.39 is 6.10 Å². The first-order valence-electron chi connectivity index (χ1n) is 14.7. The Hall–Kier alpha value is -2.88. The number of ether oxygens (including phenoxy) is 2. The van der Waals surface area contributed by atoms with Crippen LogP contribution in [0.5, 0.6) is 0 Å². The van der Waals surface area contributed by atoms with Crippen molar-refractivity contribution in [2.24, 2.45) is 0 Å². The lowest BCUT2D eigenvalue weighted by molar-refractivity contribution is -0.151. The summed E-state index contributed by atoms with van der Waals surface area (Å²) in [4.78, 5) is 26.3.